The lowest BCUT2D eigenvalue weighted by atomic mass is 10.4. The van der Waals surface area contributed by atoms with Crippen molar-refractivity contribution in [1.29, 1.82) is 0 Å². The predicted octanol–water partition coefficient (Wildman–Crippen LogP) is 2.30. The van der Waals surface area contributed by atoms with Gasteiger partial charge in [0.1, 0.15) is 0 Å². The molecule has 0 saturated carbocycles. The van der Waals surface area contributed by atoms with E-state index in [-0.39, 0.29) is 0 Å². The van der Waals surface area contributed by atoms with Crippen LogP contribution < -0.4 is 4.90 Å². The molecule has 1 rings (SSSR count). The van der Waals surface area contributed by atoms with Gasteiger partial charge >= 0.3 is 0 Å². The third kappa shape index (κ3) is 2.19. The van der Waals surface area contributed by atoms with Crippen molar-refractivity contribution < 1.29 is 0 Å². The number of aromatic nitrogens is 1. The minimum Gasteiger partial charge on any atom is -0.374 e. The fraction of sp³-hybridized carbons (Fsp3) is 0.375. The van der Waals surface area contributed by atoms with E-state index in [1.54, 1.807) is 6.20 Å². The molecule has 0 aromatic carbocycles. The van der Waals surface area contributed by atoms with E-state index in [1.165, 1.54) is 0 Å². The standard InChI is InChI=1S/C8H11BrN2/c1-3-11(2)8-4-7(9)5-10-6-8/h4-6H,3H2,1-2H3. The third-order valence-electron chi connectivity index (χ3n) is 1.61. The number of nitrogens with zero attached hydrogens (tertiary/aromatic N) is 2. The van der Waals surface area contributed by atoms with Crippen molar-refractivity contribution in [3.63, 3.8) is 0 Å². The molecule has 2 nitrogen and oxygen atoms in total. The van der Waals surface area contributed by atoms with Crippen LogP contribution in [0.3, 0.4) is 0 Å². The molecule has 0 saturated heterocycles. The second-order valence-corrected chi connectivity index (χ2v) is 3.29. The maximum absolute atomic E-state index is 4.06. The van der Waals surface area contributed by atoms with Crippen LogP contribution in [0.5, 0.6) is 0 Å². The maximum Gasteiger partial charge on any atom is 0.0561 e. The van der Waals surface area contributed by atoms with Gasteiger partial charge in [-0.3, -0.25) is 4.98 Å². The van der Waals surface area contributed by atoms with E-state index in [1.807, 2.05) is 13.2 Å². The molecule has 0 N–H and O–H groups in total. The highest BCUT2D eigenvalue weighted by Crippen LogP contribution is 2.16. The zero-order chi connectivity index (χ0) is 8.27. The fourth-order valence-corrected chi connectivity index (χ4v) is 1.14. The van der Waals surface area contributed by atoms with Crippen LogP contribution in [0.1, 0.15) is 6.92 Å². The van der Waals surface area contributed by atoms with Crippen molar-refractivity contribution in [3.8, 4) is 0 Å². The Balaban J connectivity index is 2.86. The van der Waals surface area contributed by atoms with Crippen LogP contribution >= 0.6 is 15.9 Å². The van der Waals surface area contributed by atoms with Crippen molar-refractivity contribution in [3.05, 3.63) is 22.9 Å². The molecule has 0 unspecified atom stereocenters. The Morgan fingerprint density at radius 1 is 1.55 bits per heavy atom. The van der Waals surface area contributed by atoms with E-state index in [0.717, 1.165) is 16.7 Å². The SMILES string of the molecule is CCN(C)c1cncc(Br)c1. The first-order chi connectivity index (χ1) is 5.24. The van der Waals surface area contributed by atoms with Crippen LogP contribution in [-0.4, -0.2) is 18.6 Å². The number of rotatable bonds is 2. The summed E-state index contributed by atoms with van der Waals surface area (Å²) in [6.07, 6.45) is 3.64. The molecule has 1 heterocycles. The summed E-state index contributed by atoms with van der Waals surface area (Å²) >= 11 is 3.37. The molecular formula is C8H11BrN2. The van der Waals surface area contributed by atoms with Gasteiger partial charge in [-0.05, 0) is 28.9 Å². The Morgan fingerprint density at radius 2 is 2.27 bits per heavy atom. The normalized spacial score (nSPS) is 9.73. The first-order valence-electron chi connectivity index (χ1n) is 3.55. The smallest absolute Gasteiger partial charge is 0.0561 e. The molecule has 0 aliphatic carbocycles. The monoisotopic (exact) mass is 214 g/mol. The summed E-state index contributed by atoms with van der Waals surface area (Å²) in [6, 6.07) is 2.05. The molecule has 0 aliphatic heterocycles. The van der Waals surface area contributed by atoms with Gasteiger partial charge in [-0.1, -0.05) is 0 Å². The topological polar surface area (TPSA) is 16.1 Å². The number of hydrogen-bond acceptors (Lipinski definition) is 2. The molecule has 0 spiro atoms. The Kier molecular flexibility index (Phi) is 2.88. The Labute approximate surface area is 75.4 Å². The highest BCUT2D eigenvalue weighted by Gasteiger charge is 1.97. The van der Waals surface area contributed by atoms with Crippen LogP contribution in [-0.2, 0) is 0 Å². The minimum absolute atomic E-state index is 0.998. The number of anilines is 1. The van der Waals surface area contributed by atoms with Gasteiger partial charge in [-0.15, -0.1) is 0 Å². The summed E-state index contributed by atoms with van der Waals surface area (Å²) in [4.78, 5) is 6.20. The Bertz CT molecular complexity index is 237. The van der Waals surface area contributed by atoms with Crippen LogP contribution in [0.15, 0.2) is 22.9 Å². The van der Waals surface area contributed by atoms with E-state index in [9.17, 15) is 0 Å². The molecule has 0 bridgehead atoms. The number of pyridine rings is 1. The summed E-state index contributed by atoms with van der Waals surface area (Å²) in [5.41, 5.74) is 1.14. The summed E-state index contributed by atoms with van der Waals surface area (Å²) in [5, 5.41) is 0. The average Bonchev–Trinajstić information content (AvgIpc) is 2.03. The summed E-state index contributed by atoms with van der Waals surface area (Å²) in [6.45, 7) is 3.11. The zero-order valence-electron chi connectivity index (χ0n) is 6.71. The van der Waals surface area contributed by atoms with Gasteiger partial charge in [-0.2, -0.15) is 0 Å². The van der Waals surface area contributed by atoms with Gasteiger partial charge in [0.25, 0.3) is 0 Å². The molecule has 0 atom stereocenters. The van der Waals surface area contributed by atoms with Crippen LogP contribution in [0, 0.1) is 0 Å². The second kappa shape index (κ2) is 3.72. The lowest BCUT2D eigenvalue weighted by Crippen LogP contribution is -2.15. The molecule has 0 radical (unpaired) electrons. The predicted molar refractivity (Wildman–Crippen MR) is 50.9 cm³/mol. The van der Waals surface area contributed by atoms with E-state index in [0.29, 0.717) is 0 Å². The second-order valence-electron chi connectivity index (χ2n) is 2.38. The first-order valence-corrected chi connectivity index (χ1v) is 4.35. The Hall–Kier alpha value is -0.570. The van der Waals surface area contributed by atoms with Gasteiger partial charge in [0, 0.05) is 24.3 Å². The van der Waals surface area contributed by atoms with Gasteiger partial charge in [0.05, 0.1) is 11.9 Å². The molecule has 0 amide bonds. The minimum atomic E-state index is 0.998. The third-order valence-corrected chi connectivity index (χ3v) is 2.04. The lowest BCUT2D eigenvalue weighted by molar-refractivity contribution is 0.960. The molecule has 1 aromatic heterocycles. The van der Waals surface area contributed by atoms with Gasteiger partial charge < -0.3 is 4.90 Å². The number of hydrogen-bond donors (Lipinski definition) is 0. The van der Waals surface area contributed by atoms with Gasteiger partial charge in [0.15, 0.2) is 0 Å². The van der Waals surface area contributed by atoms with Crippen LogP contribution in [0.4, 0.5) is 5.69 Å². The quantitative estimate of drug-likeness (QED) is 0.752. The molecular weight excluding hydrogens is 204 g/mol. The summed E-state index contributed by atoms with van der Waals surface area (Å²) in [7, 11) is 2.05. The maximum atomic E-state index is 4.06. The largest absolute Gasteiger partial charge is 0.374 e. The molecule has 11 heavy (non-hydrogen) atoms. The number of halogens is 1. The summed E-state index contributed by atoms with van der Waals surface area (Å²) < 4.78 is 1.02. The first kappa shape index (κ1) is 8.53. The van der Waals surface area contributed by atoms with Crippen molar-refractivity contribution in [1.82, 2.24) is 4.98 Å². The zero-order valence-corrected chi connectivity index (χ0v) is 8.30. The fourth-order valence-electron chi connectivity index (χ4n) is 0.792. The molecule has 3 heteroatoms. The van der Waals surface area contributed by atoms with Crippen molar-refractivity contribution in [2.45, 2.75) is 6.92 Å². The van der Waals surface area contributed by atoms with E-state index in [2.05, 4.69) is 38.8 Å². The Morgan fingerprint density at radius 3 is 2.82 bits per heavy atom. The van der Waals surface area contributed by atoms with Gasteiger partial charge in [-0.25, -0.2) is 0 Å². The highest BCUT2D eigenvalue weighted by atomic mass is 79.9. The summed E-state index contributed by atoms with van der Waals surface area (Å²) in [5.74, 6) is 0. The molecule has 0 aliphatic rings. The highest BCUT2D eigenvalue weighted by molar-refractivity contribution is 9.10. The lowest BCUT2D eigenvalue weighted by Gasteiger charge is -2.15. The molecule has 60 valence electrons. The molecule has 1 aromatic rings. The van der Waals surface area contributed by atoms with Crippen LogP contribution in [0.25, 0.3) is 0 Å². The van der Waals surface area contributed by atoms with E-state index >= 15 is 0 Å². The average molecular weight is 215 g/mol. The van der Waals surface area contributed by atoms with E-state index < -0.39 is 0 Å². The van der Waals surface area contributed by atoms with Crippen molar-refractivity contribution in [2.75, 3.05) is 18.5 Å². The van der Waals surface area contributed by atoms with Crippen molar-refractivity contribution in [2.24, 2.45) is 0 Å². The van der Waals surface area contributed by atoms with Crippen LogP contribution in [0.2, 0.25) is 0 Å². The molecule has 0 fully saturated rings. The van der Waals surface area contributed by atoms with Crippen molar-refractivity contribution >= 4 is 21.6 Å². The van der Waals surface area contributed by atoms with E-state index in [4.69, 9.17) is 0 Å². The van der Waals surface area contributed by atoms with Gasteiger partial charge in [0.2, 0.25) is 0 Å².